The van der Waals surface area contributed by atoms with E-state index in [1.807, 2.05) is 28.9 Å². The highest BCUT2D eigenvalue weighted by Crippen LogP contribution is 2.14. The SMILES string of the molecule is Clc1ccc(CCn2nnnc2N2CCCOCC2)cc1. The van der Waals surface area contributed by atoms with Crippen LogP contribution in [0.25, 0.3) is 0 Å². The first kappa shape index (κ1) is 14.3. The number of halogens is 1. The fourth-order valence-electron chi connectivity index (χ4n) is 2.40. The van der Waals surface area contributed by atoms with Gasteiger partial charge in [0, 0.05) is 24.7 Å². The maximum atomic E-state index is 5.90. The van der Waals surface area contributed by atoms with Crippen LogP contribution in [0.2, 0.25) is 5.02 Å². The van der Waals surface area contributed by atoms with Gasteiger partial charge in [0.1, 0.15) is 0 Å². The summed E-state index contributed by atoms with van der Waals surface area (Å²) in [6.07, 6.45) is 1.88. The van der Waals surface area contributed by atoms with Crippen LogP contribution in [0, 0.1) is 0 Å². The van der Waals surface area contributed by atoms with Gasteiger partial charge in [-0.2, -0.15) is 0 Å². The van der Waals surface area contributed by atoms with Gasteiger partial charge in [0.25, 0.3) is 0 Å². The highest BCUT2D eigenvalue weighted by molar-refractivity contribution is 6.30. The van der Waals surface area contributed by atoms with Gasteiger partial charge in [-0.1, -0.05) is 28.8 Å². The van der Waals surface area contributed by atoms with Crippen molar-refractivity contribution in [2.75, 3.05) is 31.2 Å². The lowest BCUT2D eigenvalue weighted by Crippen LogP contribution is -2.29. The topological polar surface area (TPSA) is 56.1 Å². The van der Waals surface area contributed by atoms with Crippen molar-refractivity contribution in [1.82, 2.24) is 20.2 Å². The van der Waals surface area contributed by atoms with Crippen LogP contribution in [-0.2, 0) is 17.7 Å². The number of aromatic nitrogens is 4. The third-order valence-electron chi connectivity index (χ3n) is 3.54. The van der Waals surface area contributed by atoms with Crippen molar-refractivity contribution < 1.29 is 4.74 Å². The molecule has 0 amide bonds. The molecule has 0 bridgehead atoms. The summed E-state index contributed by atoms with van der Waals surface area (Å²) >= 11 is 5.90. The molecule has 0 saturated carbocycles. The number of anilines is 1. The Morgan fingerprint density at radius 3 is 2.86 bits per heavy atom. The van der Waals surface area contributed by atoms with E-state index < -0.39 is 0 Å². The largest absolute Gasteiger partial charge is 0.380 e. The van der Waals surface area contributed by atoms with Crippen LogP contribution in [0.4, 0.5) is 5.95 Å². The number of hydrogen-bond donors (Lipinski definition) is 0. The Bertz CT molecular complexity index is 563. The monoisotopic (exact) mass is 307 g/mol. The lowest BCUT2D eigenvalue weighted by molar-refractivity contribution is 0.152. The van der Waals surface area contributed by atoms with Crippen molar-refractivity contribution in [1.29, 1.82) is 0 Å². The molecule has 0 unspecified atom stereocenters. The highest BCUT2D eigenvalue weighted by atomic mass is 35.5. The molecule has 0 aliphatic carbocycles. The molecule has 6 nitrogen and oxygen atoms in total. The zero-order valence-corrected chi connectivity index (χ0v) is 12.5. The van der Waals surface area contributed by atoms with E-state index in [2.05, 4.69) is 20.4 Å². The number of benzene rings is 1. The molecule has 21 heavy (non-hydrogen) atoms. The molecule has 2 aromatic rings. The van der Waals surface area contributed by atoms with Gasteiger partial charge >= 0.3 is 0 Å². The summed E-state index contributed by atoms with van der Waals surface area (Å²) in [7, 11) is 0. The first-order chi connectivity index (χ1) is 10.3. The van der Waals surface area contributed by atoms with Crippen LogP contribution < -0.4 is 4.90 Å². The maximum absolute atomic E-state index is 5.90. The van der Waals surface area contributed by atoms with E-state index in [-0.39, 0.29) is 0 Å². The fraction of sp³-hybridized carbons (Fsp3) is 0.500. The molecule has 2 heterocycles. The molecule has 1 saturated heterocycles. The molecule has 0 atom stereocenters. The van der Waals surface area contributed by atoms with E-state index in [0.29, 0.717) is 0 Å². The molecule has 1 fully saturated rings. The third-order valence-corrected chi connectivity index (χ3v) is 3.80. The number of aryl methyl sites for hydroxylation is 2. The second-order valence-electron chi connectivity index (χ2n) is 5.03. The zero-order valence-electron chi connectivity index (χ0n) is 11.8. The van der Waals surface area contributed by atoms with Gasteiger partial charge < -0.3 is 9.64 Å². The lowest BCUT2D eigenvalue weighted by atomic mass is 10.1. The normalized spacial score (nSPS) is 16.0. The Balaban J connectivity index is 1.65. The van der Waals surface area contributed by atoms with E-state index in [9.17, 15) is 0 Å². The first-order valence-electron chi connectivity index (χ1n) is 7.16. The Hall–Kier alpha value is -1.66. The Kier molecular flexibility index (Phi) is 4.67. The molecule has 112 valence electrons. The molecule has 1 aliphatic heterocycles. The number of tetrazole rings is 1. The summed E-state index contributed by atoms with van der Waals surface area (Å²) in [6, 6.07) is 7.88. The summed E-state index contributed by atoms with van der Waals surface area (Å²) in [5.41, 5.74) is 1.22. The predicted octanol–water partition coefficient (Wildman–Crippen LogP) is 1.80. The van der Waals surface area contributed by atoms with E-state index in [1.165, 1.54) is 5.56 Å². The number of nitrogens with zero attached hydrogens (tertiary/aromatic N) is 5. The van der Waals surface area contributed by atoms with Crippen molar-refractivity contribution in [3.8, 4) is 0 Å². The van der Waals surface area contributed by atoms with Gasteiger partial charge in [0.2, 0.25) is 5.95 Å². The predicted molar refractivity (Wildman–Crippen MR) is 80.6 cm³/mol. The molecular formula is C14H18ClN5O. The Morgan fingerprint density at radius 1 is 1.14 bits per heavy atom. The second kappa shape index (κ2) is 6.87. The smallest absolute Gasteiger partial charge is 0.245 e. The van der Waals surface area contributed by atoms with Gasteiger partial charge in [0.05, 0.1) is 13.2 Å². The van der Waals surface area contributed by atoms with Gasteiger partial charge in [0.15, 0.2) is 0 Å². The summed E-state index contributed by atoms with van der Waals surface area (Å²) in [4.78, 5) is 2.19. The summed E-state index contributed by atoms with van der Waals surface area (Å²) in [5.74, 6) is 0.828. The average Bonchev–Trinajstić information content (AvgIpc) is 2.80. The first-order valence-corrected chi connectivity index (χ1v) is 7.54. The average molecular weight is 308 g/mol. The fourth-order valence-corrected chi connectivity index (χ4v) is 2.53. The Labute approximate surface area is 128 Å². The third kappa shape index (κ3) is 3.71. The number of ether oxygens (including phenoxy) is 1. The van der Waals surface area contributed by atoms with Gasteiger partial charge in [-0.15, -0.1) is 0 Å². The van der Waals surface area contributed by atoms with Crippen LogP contribution in [0.5, 0.6) is 0 Å². The van der Waals surface area contributed by atoms with Crippen LogP contribution in [0.3, 0.4) is 0 Å². The van der Waals surface area contributed by atoms with E-state index >= 15 is 0 Å². The molecule has 0 N–H and O–H groups in total. The van der Waals surface area contributed by atoms with Crippen LogP contribution in [-0.4, -0.2) is 46.5 Å². The van der Waals surface area contributed by atoms with E-state index in [0.717, 1.165) is 56.7 Å². The molecule has 1 aromatic heterocycles. The van der Waals surface area contributed by atoms with Crippen LogP contribution >= 0.6 is 11.6 Å². The van der Waals surface area contributed by atoms with E-state index in [1.54, 1.807) is 0 Å². The van der Waals surface area contributed by atoms with Crippen molar-refractivity contribution in [3.63, 3.8) is 0 Å². The standard InChI is InChI=1S/C14H18ClN5O/c15-13-4-2-12(3-5-13)6-8-20-14(16-17-18-20)19-7-1-10-21-11-9-19/h2-5H,1,6-11H2. The molecular weight excluding hydrogens is 290 g/mol. The Morgan fingerprint density at radius 2 is 2.00 bits per heavy atom. The van der Waals surface area contributed by atoms with Gasteiger partial charge in [-0.3, -0.25) is 0 Å². The van der Waals surface area contributed by atoms with Crippen LogP contribution in [0.1, 0.15) is 12.0 Å². The second-order valence-corrected chi connectivity index (χ2v) is 5.47. The number of hydrogen-bond acceptors (Lipinski definition) is 5. The quantitative estimate of drug-likeness (QED) is 0.862. The molecule has 0 spiro atoms. The van der Waals surface area contributed by atoms with Crippen molar-refractivity contribution in [2.45, 2.75) is 19.4 Å². The summed E-state index contributed by atoms with van der Waals surface area (Å²) in [5, 5.41) is 12.8. The molecule has 1 aromatic carbocycles. The van der Waals surface area contributed by atoms with E-state index in [4.69, 9.17) is 16.3 Å². The van der Waals surface area contributed by atoms with Gasteiger partial charge in [-0.05, 0) is 41.0 Å². The minimum Gasteiger partial charge on any atom is -0.380 e. The summed E-state index contributed by atoms with van der Waals surface area (Å²) in [6.45, 7) is 4.05. The molecule has 3 rings (SSSR count). The molecule has 7 heteroatoms. The maximum Gasteiger partial charge on any atom is 0.245 e. The van der Waals surface area contributed by atoms with Crippen LogP contribution in [0.15, 0.2) is 24.3 Å². The minimum atomic E-state index is 0.726. The van der Waals surface area contributed by atoms with Crippen molar-refractivity contribution >= 4 is 17.5 Å². The highest BCUT2D eigenvalue weighted by Gasteiger charge is 2.16. The van der Waals surface area contributed by atoms with Crippen molar-refractivity contribution in [3.05, 3.63) is 34.9 Å². The zero-order chi connectivity index (χ0) is 14.5. The molecule has 0 radical (unpaired) electrons. The minimum absolute atomic E-state index is 0.726. The van der Waals surface area contributed by atoms with Crippen molar-refractivity contribution in [2.24, 2.45) is 0 Å². The lowest BCUT2D eigenvalue weighted by Gasteiger charge is -2.19. The van der Waals surface area contributed by atoms with Gasteiger partial charge in [-0.25, -0.2) is 4.68 Å². The molecule has 1 aliphatic rings. The number of rotatable bonds is 4. The summed E-state index contributed by atoms with van der Waals surface area (Å²) < 4.78 is 7.33.